The number of nitrogens with zero attached hydrogens (tertiary/aromatic N) is 2. The van der Waals surface area contributed by atoms with Crippen molar-refractivity contribution >= 4 is 23.5 Å². The number of amides is 1. The third-order valence-corrected chi connectivity index (χ3v) is 1.98. The summed E-state index contributed by atoms with van der Waals surface area (Å²) in [5.41, 5.74) is 5.41. The summed E-state index contributed by atoms with van der Waals surface area (Å²) in [4.78, 5) is 37.4. The fourth-order valence-corrected chi connectivity index (χ4v) is 1.27. The first-order valence-corrected chi connectivity index (χ1v) is 4.85. The smallest absolute Gasteiger partial charge is 0.323 e. The molecule has 1 amide bonds. The van der Waals surface area contributed by atoms with E-state index in [4.69, 9.17) is 15.9 Å². The molecule has 1 heterocycles. The number of carbonyl (C=O) groups excluding carboxylic acids is 1. The van der Waals surface area contributed by atoms with Crippen molar-refractivity contribution in [3.8, 4) is 0 Å². The minimum atomic E-state index is -1.32. The summed E-state index contributed by atoms with van der Waals surface area (Å²) in [7, 11) is 0. The lowest BCUT2D eigenvalue weighted by molar-refractivity contribution is -0.140. The monoisotopic (exact) mass is 253 g/mol. The molecular formula is C10H11N3O5. The van der Waals surface area contributed by atoms with Gasteiger partial charge in [0.2, 0.25) is 0 Å². The standard InChI is InChI=1S/C10H11N3O5/c11-6-2-1-3-12-9(6)10(18)13(4-7(14)15)5-8(16)17/h1-3H,4-5,11H2,(H,14,15)(H,16,17). The van der Waals surface area contributed by atoms with Crippen LogP contribution in [0, 0.1) is 0 Å². The molecule has 96 valence electrons. The molecule has 0 saturated heterocycles. The molecule has 0 aliphatic rings. The molecule has 0 spiro atoms. The van der Waals surface area contributed by atoms with E-state index >= 15 is 0 Å². The molecule has 0 unspecified atom stereocenters. The summed E-state index contributed by atoms with van der Waals surface area (Å²) in [6.45, 7) is -1.47. The van der Waals surface area contributed by atoms with Gasteiger partial charge in [-0.25, -0.2) is 4.98 Å². The fraction of sp³-hybridized carbons (Fsp3) is 0.200. The van der Waals surface area contributed by atoms with Gasteiger partial charge in [-0.05, 0) is 12.1 Å². The molecular weight excluding hydrogens is 242 g/mol. The second kappa shape index (κ2) is 5.62. The number of nitrogens with two attached hydrogens (primary N) is 1. The minimum absolute atomic E-state index is 0.0586. The predicted octanol–water partition coefficient (Wildman–Crippen LogP) is -0.725. The van der Waals surface area contributed by atoms with Crippen LogP contribution >= 0.6 is 0 Å². The summed E-state index contributed by atoms with van der Waals surface area (Å²) in [5, 5.41) is 17.2. The van der Waals surface area contributed by atoms with E-state index in [0.29, 0.717) is 4.90 Å². The van der Waals surface area contributed by atoms with Crippen LogP contribution < -0.4 is 5.73 Å². The van der Waals surface area contributed by atoms with Gasteiger partial charge in [0.05, 0.1) is 5.69 Å². The Morgan fingerprint density at radius 2 is 1.78 bits per heavy atom. The van der Waals surface area contributed by atoms with Gasteiger partial charge >= 0.3 is 11.9 Å². The quantitative estimate of drug-likeness (QED) is 0.630. The third-order valence-electron chi connectivity index (χ3n) is 1.98. The minimum Gasteiger partial charge on any atom is -0.480 e. The highest BCUT2D eigenvalue weighted by Crippen LogP contribution is 2.10. The summed E-state index contributed by atoms with van der Waals surface area (Å²) >= 11 is 0. The van der Waals surface area contributed by atoms with Gasteiger partial charge in [0, 0.05) is 6.20 Å². The number of aromatic nitrogens is 1. The van der Waals surface area contributed by atoms with Crippen LogP contribution in [-0.2, 0) is 9.59 Å². The second-order valence-electron chi connectivity index (χ2n) is 3.39. The number of rotatable bonds is 5. The van der Waals surface area contributed by atoms with Gasteiger partial charge < -0.3 is 20.8 Å². The van der Waals surface area contributed by atoms with E-state index in [1.807, 2.05) is 0 Å². The summed E-state index contributed by atoms with van der Waals surface area (Å²) in [6.07, 6.45) is 1.31. The maximum absolute atomic E-state index is 11.9. The van der Waals surface area contributed by atoms with Crippen LogP contribution in [0.25, 0.3) is 0 Å². The molecule has 0 fully saturated rings. The zero-order valence-electron chi connectivity index (χ0n) is 9.24. The van der Waals surface area contributed by atoms with Crippen LogP contribution in [0.15, 0.2) is 18.3 Å². The lowest BCUT2D eigenvalue weighted by atomic mass is 10.2. The largest absolute Gasteiger partial charge is 0.480 e. The number of carboxylic acid groups (broad SMARTS) is 2. The molecule has 8 nitrogen and oxygen atoms in total. The van der Waals surface area contributed by atoms with Crippen LogP contribution in [0.2, 0.25) is 0 Å². The van der Waals surface area contributed by atoms with Gasteiger partial charge in [-0.1, -0.05) is 0 Å². The van der Waals surface area contributed by atoms with Gasteiger partial charge in [-0.15, -0.1) is 0 Å². The average Bonchev–Trinajstić information content (AvgIpc) is 2.26. The number of aliphatic carboxylic acids is 2. The molecule has 18 heavy (non-hydrogen) atoms. The third kappa shape index (κ3) is 3.44. The maximum atomic E-state index is 11.9. The normalized spacial score (nSPS) is 9.78. The fourth-order valence-electron chi connectivity index (χ4n) is 1.27. The molecule has 1 aromatic heterocycles. The number of carbonyl (C=O) groups is 3. The Bertz CT molecular complexity index is 472. The molecule has 1 rings (SSSR count). The van der Waals surface area contributed by atoms with E-state index in [1.54, 1.807) is 0 Å². The predicted molar refractivity (Wildman–Crippen MR) is 59.8 cm³/mol. The van der Waals surface area contributed by atoms with Crippen molar-refractivity contribution in [1.29, 1.82) is 0 Å². The summed E-state index contributed by atoms with van der Waals surface area (Å²) in [6, 6.07) is 2.92. The lowest BCUT2D eigenvalue weighted by Crippen LogP contribution is -2.40. The van der Waals surface area contributed by atoms with Crippen LogP contribution in [0.3, 0.4) is 0 Å². The first-order chi connectivity index (χ1) is 8.41. The maximum Gasteiger partial charge on any atom is 0.323 e. The second-order valence-corrected chi connectivity index (χ2v) is 3.39. The van der Waals surface area contributed by atoms with E-state index in [1.165, 1.54) is 18.3 Å². The highest BCUT2D eigenvalue weighted by molar-refractivity contribution is 5.99. The molecule has 1 aromatic rings. The number of hydrogen-bond acceptors (Lipinski definition) is 5. The van der Waals surface area contributed by atoms with E-state index in [-0.39, 0.29) is 11.4 Å². The van der Waals surface area contributed by atoms with Crippen LogP contribution in [-0.4, -0.2) is 51.0 Å². The van der Waals surface area contributed by atoms with Crippen molar-refractivity contribution in [2.45, 2.75) is 0 Å². The topological polar surface area (TPSA) is 134 Å². The van der Waals surface area contributed by atoms with Crippen molar-refractivity contribution in [2.24, 2.45) is 0 Å². The summed E-state index contributed by atoms with van der Waals surface area (Å²) < 4.78 is 0. The van der Waals surface area contributed by atoms with Crippen LogP contribution in [0.5, 0.6) is 0 Å². The van der Waals surface area contributed by atoms with Gasteiger partial charge in [0.25, 0.3) is 5.91 Å². The number of nitrogen functional groups attached to an aromatic ring is 1. The molecule has 8 heteroatoms. The van der Waals surface area contributed by atoms with E-state index in [9.17, 15) is 14.4 Å². The Balaban J connectivity index is 2.98. The van der Waals surface area contributed by atoms with E-state index in [2.05, 4.69) is 4.98 Å². The Morgan fingerprint density at radius 1 is 1.22 bits per heavy atom. The molecule has 0 atom stereocenters. The number of hydrogen-bond donors (Lipinski definition) is 3. The summed E-state index contributed by atoms with van der Waals surface area (Å²) in [5.74, 6) is -3.48. The molecule has 0 radical (unpaired) electrons. The van der Waals surface area contributed by atoms with Gasteiger partial charge in [-0.3, -0.25) is 14.4 Å². The first-order valence-electron chi connectivity index (χ1n) is 4.85. The molecule has 0 aliphatic carbocycles. The Labute approximate surface area is 102 Å². The Kier molecular flexibility index (Phi) is 4.19. The van der Waals surface area contributed by atoms with Crippen molar-refractivity contribution in [2.75, 3.05) is 18.8 Å². The zero-order valence-corrected chi connectivity index (χ0v) is 9.24. The van der Waals surface area contributed by atoms with Crippen LogP contribution in [0.4, 0.5) is 5.69 Å². The highest BCUT2D eigenvalue weighted by atomic mass is 16.4. The van der Waals surface area contributed by atoms with Gasteiger partial charge in [-0.2, -0.15) is 0 Å². The molecule has 4 N–H and O–H groups in total. The SMILES string of the molecule is Nc1cccnc1C(=O)N(CC(=O)O)CC(=O)O. The van der Waals surface area contributed by atoms with Gasteiger partial charge in [0.1, 0.15) is 13.1 Å². The highest BCUT2D eigenvalue weighted by Gasteiger charge is 2.23. The molecule has 0 saturated carbocycles. The Morgan fingerprint density at radius 3 is 2.22 bits per heavy atom. The average molecular weight is 253 g/mol. The number of carboxylic acids is 2. The van der Waals surface area contributed by atoms with E-state index in [0.717, 1.165) is 0 Å². The number of anilines is 1. The Hall–Kier alpha value is -2.64. The van der Waals surface area contributed by atoms with Crippen molar-refractivity contribution < 1.29 is 24.6 Å². The van der Waals surface area contributed by atoms with Crippen LogP contribution in [0.1, 0.15) is 10.5 Å². The zero-order chi connectivity index (χ0) is 13.7. The van der Waals surface area contributed by atoms with Crippen molar-refractivity contribution in [3.63, 3.8) is 0 Å². The van der Waals surface area contributed by atoms with Crippen molar-refractivity contribution in [3.05, 3.63) is 24.0 Å². The first kappa shape index (κ1) is 13.4. The molecule has 0 aliphatic heterocycles. The van der Waals surface area contributed by atoms with E-state index < -0.39 is 30.9 Å². The molecule has 0 aromatic carbocycles. The van der Waals surface area contributed by atoms with Gasteiger partial charge in [0.15, 0.2) is 5.69 Å². The van der Waals surface area contributed by atoms with Crippen molar-refractivity contribution in [1.82, 2.24) is 9.88 Å². The lowest BCUT2D eigenvalue weighted by Gasteiger charge is -2.18. The molecule has 0 bridgehead atoms. The number of pyridine rings is 1.